The summed E-state index contributed by atoms with van der Waals surface area (Å²) in [5.41, 5.74) is 18.5. The normalized spacial score (nSPS) is 15.6. The molecule has 0 spiro atoms. The predicted molar refractivity (Wildman–Crippen MR) is 273 cm³/mol. The van der Waals surface area contributed by atoms with Gasteiger partial charge in [-0.15, -0.1) is 0 Å². The highest BCUT2D eigenvalue weighted by Gasteiger charge is 2.25. The first kappa shape index (κ1) is 39.6. The third-order valence-corrected chi connectivity index (χ3v) is 12.5. The number of hydrogen-bond acceptors (Lipinski definition) is 3. The number of rotatable bonds is 8. The Morgan fingerprint density at radius 2 is 1.09 bits per heavy atom. The fourth-order valence-electron chi connectivity index (χ4n) is 9.30. The van der Waals surface area contributed by atoms with E-state index in [1.165, 1.54) is 38.6 Å². The molecular weight excluding hydrogens is 787 g/mol. The van der Waals surface area contributed by atoms with Gasteiger partial charge in [-0.2, -0.15) is 0 Å². The first-order valence-corrected chi connectivity index (χ1v) is 22.3. The van der Waals surface area contributed by atoms with Gasteiger partial charge in [-0.1, -0.05) is 201 Å². The minimum absolute atomic E-state index is 0.358. The molecule has 0 N–H and O–H groups in total. The van der Waals surface area contributed by atoms with Gasteiger partial charge in [0.25, 0.3) is 0 Å². The van der Waals surface area contributed by atoms with Crippen LogP contribution in [0.1, 0.15) is 40.4 Å². The summed E-state index contributed by atoms with van der Waals surface area (Å²) < 4.78 is 0. The maximum absolute atomic E-state index is 5.54. The second-order valence-electron chi connectivity index (χ2n) is 16.8. The molecule has 0 radical (unpaired) electrons. The maximum Gasteiger partial charge on any atom is 0.155 e. The van der Waals surface area contributed by atoms with Crippen molar-refractivity contribution in [3.05, 3.63) is 265 Å². The number of aliphatic imine (C=N–C) groups is 2. The summed E-state index contributed by atoms with van der Waals surface area (Å²) >= 11 is 0. The van der Waals surface area contributed by atoms with E-state index >= 15 is 0 Å². The van der Waals surface area contributed by atoms with E-state index in [1.54, 1.807) is 0 Å². The Hall–Kier alpha value is -8.27. The zero-order chi connectivity index (χ0) is 43.5. The molecule has 8 aromatic carbocycles. The number of hydrogen-bond donors (Lipinski definition) is 0. The Balaban J connectivity index is 1.06. The van der Waals surface area contributed by atoms with Crippen LogP contribution in [0.25, 0.3) is 72.6 Å². The molecule has 3 nitrogen and oxygen atoms in total. The lowest BCUT2D eigenvalue weighted by molar-refractivity contribution is 0.841. The predicted octanol–water partition coefficient (Wildman–Crippen LogP) is 15.6. The number of aromatic nitrogens is 1. The number of benzene rings is 8. The van der Waals surface area contributed by atoms with Gasteiger partial charge >= 0.3 is 0 Å². The van der Waals surface area contributed by atoms with Crippen molar-refractivity contribution in [1.82, 2.24) is 4.98 Å². The molecule has 1 aliphatic carbocycles. The first-order chi connectivity index (χ1) is 32.1. The van der Waals surface area contributed by atoms with Crippen molar-refractivity contribution < 1.29 is 0 Å². The molecule has 2 aliphatic rings. The van der Waals surface area contributed by atoms with Gasteiger partial charge in [0.15, 0.2) is 5.84 Å². The van der Waals surface area contributed by atoms with E-state index in [0.717, 1.165) is 73.6 Å². The van der Waals surface area contributed by atoms with E-state index in [9.17, 15) is 0 Å². The summed E-state index contributed by atoms with van der Waals surface area (Å²) in [5.74, 6) is 0.697. The summed E-state index contributed by atoms with van der Waals surface area (Å²) in [6.07, 6.45) is 9.92. The molecule has 2 bridgehead atoms. The lowest BCUT2D eigenvalue weighted by atomic mass is 9.87. The zero-order valence-corrected chi connectivity index (χ0v) is 36.0. The lowest BCUT2D eigenvalue weighted by Gasteiger charge is -2.20. The molecule has 3 heteroatoms. The third-order valence-electron chi connectivity index (χ3n) is 12.5. The Morgan fingerprint density at radius 3 is 1.89 bits per heavy atom. The summed E-state index contributed by atoms with van der Waals surface area (Å²) in [7, 11) is 0. The Kier molecular flexibility index (Phi) is 10.6. The van der Waals surface area contributed by atoms with E-state index in [1.807, 2.05) is 6.07 Å². The average molecular weight is 832 g/mol. The number of pyridine rings is 1. The van der Waals surface area contributed by atoms with Gasteiger partial charge in [-0.05, 0) is 115 Å². The van der Waals surface area contributed by atoms with Gasteiger partial charge in [0.1, 0.15) is 0 Å². The molecule has 0 saturated heterocycles. The fourth-order valence-corrected chi connectivity index (χ4v) is 9.30. The molecule has 65 heavy (non-hydrogen) atoms. The van der Waals surface area contributed by atoms with Crippen LogP contribution in [0.5, 0.6) is 0 Å². The fraction of sp³-hybridized carbons (Fsp3) is 0.0484. The largest absolute Gasteiger partial charge is 0.253 e. The van der Waals surface area contributed by atoms with Crippen LogP contribution in [-0.4, -0.2) is 16.5 Å². The van der Waals surface area contributed by atoms with Gasteiger partial charge in [-0.3, -0.25) is 4.99 Å². The van der Waals surface area contributed by atoms with E-state index in [4.69, 9.17) is 21.5 Å². The smallest absolute Gasteiger partial charge is 0.155 e. The minimum Gasteiger partial charge on any atom is -0.253 e. The van der Waals surface area contributed by atoms with Crippen molar-refractivity contribution in [1.29, 1.82) is 0 Å². The molecule has 0 amide bonds. The molecule has 11 rings (SSSR count). The minimum atomic E-state index is -0.358. The maximum atomic E-state index is 5.54. The van der Waals surface area contributed by atoms with Crippen LogP contribution in [0.2, 0.25) is 0 Å². The zero-order valence-electron chi connectivity index (χ0n) is 36.0. The monoisotopic (exact) mass is 831 g/mol. The Morgan fingerprint density at radius 1 is 0.477 bits per heavy atom. The molecule has 0 fully saturated rings. The van der Waals surface area contributed by atoms with Crippen LogP contribution >= 0.6 is 0 Å². The highest BCUT2D eigenvalue weighted by molar-refractivity contribution is 6.14. The molecule has 1 unspecified atom stereocenters. The van der Waals surface area contributed by atoms with E-state index in [2.05, 4.69) is 224 Å². The molecule has 9 aromatic rings. The van der Waals surface area contributed by atoms with Crippen LogP contribution in [0.3, 0.4) is 0 Å². The third kappa shape index (κ3) is 8.12. The van der Waals surface area contributed by atoms with Crippen LogP contribution < -0.4 is 0 Å². The molecular formula is C62H45N3. The standard InChI is InChI=1S/C62H45N3/c1-42-36-58(46-34-32-44(33-35-46)43-18-6-2-7-19-43)64-62(48-23-10-4-11-24-48)65-60(42)54-39-52(38-53(40-54)57-31-17-26-45-20-14-15-30-56(45)57)49-27-16-28-51(37-49)61-59(47-21-8-3-9-22-47)50-25-12-5-13-29-55(41-50)63-61/h2-24,26-35,37-41,60H,1,25,36H2/b12-5-,29-13-. The van der Waals surface area contributed by atoms with Gasteiger partial charge in [0.2, 0.25) is 0 Å². The molecule has 0 saturated carbocycles. The van der Waals surface area contributed by atoms with Crippen LogP contribution in [0.15, 0.2) is 247 Å². The summed E-state index contributed by atoms with van der Waals surface area (Å²) in [4.78, 5) is 16.2. The molecule has 2 heterocycles. The molecule has 1 aromatic heterocycles. The van der Waals surface area contributed by atoms with Gasteiger partial charge in [0.05, 0.1) is 23.1 Å². The number of amidine groups is 1. The lowest BCUT2D eigenvalue weighted by Crippen LogP contribution is -2.06. The molecule has 1 atom stereocenters. The second-order valence-corrected chi connectivity index (χ2v) is 16.8. The Bertz CT molecular complexity index is 3350. The van der Waals surface area contributed by atoms with Crippen LogP contribution in [0.4, 0.5) is 0 Å². The summed E-state index contributed by atoms with van der Waals surface area (Å²) in [5, 5.41) is 2.40. The van der Waals surface area contributed by atoms with Crippen molar-refractivity contribution >= 4 is 28.4 Å². The molecule has 308 valence electrons. The van der Waals surface area contributed by atoms with Crippen molar-refractivity contribution in [3.63, 3.8) is 0 Å². The topological polar surface area (TPSA) is 37.6 Å². The van der Waals surface area contributed by atoms with E-state index in [-0.39, 0.29) is 6.04 Å². The highest BCUT2D eigenvalue weighted by atomic mass is 15.0. The van der Waals surface area contributed by atoms with Crippen molar-refractivity contribution in [3.8, 4) is 55.8 Å². The number of nitrogens with zero attached hydrogens (tertiary/aromatic N) is 3. The number of fused-ring (bicyclic) bond motifs is 3. The van der Waals surface area contributed by atoms with E-state index in [0.29, 0.717) is 12.3 Å². The van der Waals surface area contributed by atoms with Gasteiger partial charge in [-0.25, -0.2) is 9.98 Å². The Labute approximate surface area is 380 Å². The summed E-state index contributed by atoms with van der Waals surface area (Å²) in [6.45, 7) is 4.79. The quantitative estimate of drug-likeness (QED) is 0.141. The average Bonchev–Trinajstić information content (AvgIpc) is 3.55. The van der Waals surface area contributed by atoms with Gasteiger partial charge in [0, 0.05) is 23.1 Å². The van der Waals surface area contributed by atoms with Gasteiger partial charge < -0.3 is 0 Å². The van der Waals surface area contributed by atoms with Crippen molar-refractivity contribution in [2.24, 2.45) is 9.98 Å². The van der Waals surface area contributed by atoms with E-state index < -0.39 is 0 Å². The second kappa shape index (κ2) is 17.5. The van der Waals surface area contributed by atoms with Crippen molar-refractivity contribution in [2.75, 3.05) is 0 Å². The number of allylic oxidation sites excluding steroid dienone is 3. The highest BCUT2D eigenvalue weighted by Crippen LogP contribution is 2.41. The summed E-state index contributed by atoms with van der Waals surface area (Å²) in [6, 6.07) is 73.2. The SMILES string of the molecule is C=C1CC(c2ccc(-c3ccccc3)cc2)=NC(c2ccccc2)=NC1c1cc(-c2cccc(-c3nc4cc(c3-c3ccccc3)C/C=C\C=C/4)c2)cc(-c2cccc3ccccc23)c1. The van der Waals surface area contributed by atoms with Crippen LogP contribution in [0, 0.1) is 0 Å². The molecule has 1 aliphatic heterocycles. The van der Waals surface area contributed by atoms with Crippen molar-refractivity contribution in [2.45, 2.75) is 18.9 Å². The van der Waals surface area contributed by atoms with Crippen LogP contribution in [-0.2, 0) is 6.42 Å². The first-order valence-electron chi connectivity index (χ1n) is 22.3.